The molecule has 23 heavy (non-hydrogen) atoms. The first-order chi connectivity index (χ1) is 11.2. The molecule has 0 saturated heterocycles. The number of aromatic nitrogens is 1. The molecule has 0 aliphatic rings. The molecule has 3 heteroatoms. The van der Waals surface area contributed by atoms with Gasteiger partial charge in [-0.05, 0) is 35.7 Å². The first-order valence-corrected chi connectivity index (χ1v) is 7.40. The predicted octanol–water partition coefficient (Wildman–Crippen LogP) is 4.51. The standard InChI is InChI=1S/C20H17NO2/c1-14-11-18(20(22)23-2)19(21-13-14)17-10-6-9-16(12-17)15-7-4-3-5-8-15/h3-13H,1-2H3. The summed E-state index contributed by atoms with van der Waals surface area (Å²) in [5.41, 5.74) is 5.15. The van der Waals surface area contributed by atoms with Crippen molar-refractivity contribution in [2.45, 2.75) is 6.92 Å². The van der Waals surface area contributed by atoms with Gasteiger partial charge < -0.3 is 4.74 Å². The summed E-state index contributed by atoms with van der Waals surface area (Å²) in [6.45, 7) is 1.91. The van der Waals surface area contributed by atoms with Crippen LogP contribution in [-0.4, -0.2) is 18.1 Å². The number of rotatable bonds is 3. The van der Waals surface area contributed by atoms with Gasteiger partial charge in [0.25, 0.3) is 0 Å². The molecule has 0 aliphatic heterocycles. The topological polar surface area (TPSA) is 39.2 Å². The molecule has 0 radical (unpaired) electrons. The minimum Gasteiger partial charge on any atom is -0.465 e. The largest absolute Gasteiger partial charge is 0.465 e. The highest BCUT2D eigenvalue weighted by Gasteiger charge is 2.15. The van der Waals surface area contributed by atoms with Crippen LogP contribution in [0.5, 0.6) is 0 Å². The van der Waals surface area contributed by atoms with E-state index in [1.54, 1.807) is 6.20 Å². The molecule has 0 atom stereocenters. The van der Waals surface area contributed by atoms with Crippen LogP contribution in [0.2, 0.25) is 0 Å². The number of ether oxygens (including phenoxy) is 1. The molecule has 0 N–H and O–H groups in total. The van der Waals surface area contributed by atoms with Gasteiger partial charge in [-0.1, -0.05) is 48.5 Å². The number of pyridine rings is 1. The maximum Gasteiger partial charge on any atom is 0.340 e. The zero-order chi connectivity index (χ0) is 16.2. The summed E-state index contributed by atoms with van der Waals surface area (Å²) < 4.78 is 4.89. The third-order valence-corrected chi connectivity index (χ3v) is 3.67. The molecule has 0 aliphatic carbocycles. The number of nitrogens with zero attached hydrogens (tertiary/aromatic N) is 1. The van der Waals surface area contributed by atoms with Crippen LogP contribution in [0.1, 0.15) is 15.9 Å². The molecule has 3 nitrogen and oxygen atoms in total. The smallest absolute Gasteiger partial charge is 0.340 e. The lowest BCUT2D eigenvalue weighted by atomic mass is 9.99. The highest BCUT2D eigenvalue weighted by molar-refractivity contribution is 5.96. The Morgan fingerprint density at radius 1 is 0.913 bits per heavy atom. The van der Waals surface area contributed by atoms with Crippen molar-refractivity contribution in [1.82, 2.24) is 4.98 Å². The second-order valence-corrected chi connectivity index (χ2v) is 5.35. The summed E-state index contributed by atoms with van der Waals surface area (Å²) in [5, 5.41) is 0. The minimum absolute atomic E-state index is 0.374. The third kappa shape index (κ3) is 3.14. The van der Waals surface area contributed by atoms with Crippen molar-refractivity contribution in [1.29, 1.82) is 0 Å². The van der Waals surface area contributed by atoms with Crippen molar-refractivity contribution in [2.24, 2.45) is 0 Å². The van der Waals surface area contributed by atoms with E-state index >= 15 is 0 Å². The zero-order valence-electron chi connectivity index (χ0n) is 13.1. The van der Waals surface area contributed by atoms with E-state index in [4.69, 9.17) is 4.74 Å². The SMILES string of the molecule is COC(=O)c1cc(C)cnc1-c1cccc(-c2ccccc2)c1. The van der Waals surface area contributed by atoms with Crippen LogP contribution >= 0.6 is 0 Å². The summed E-state index contributed by atoms with van der Waals surface area (Å²) in [5.74, 6) is -0.374. The second kappa shape index (κ2) is 6.44. The summed E-state index contributed by atoms with van der Waals surface area (Å²) in [6.07, 6.45) is 1.76. The van der Waals surface area contributed by atoms with Gasteiger partial charge in [0.15, 0.2) is 0 Å². The lowest BCUT2D eigenvalue weighted by molar-refractivity contribution is 0.0601. The average molecular weight is 303 g/mol. The Kier molecular flexibility index (Phi) is 4.20. The molecule has 0 saturated carbocycles. The summed E-state index contributed by atoms with van der Waals surface area (Å²) in [6, 6.07) is 19.9. The molecular weight excluding hydrogens is 286 g/mol. The van der Waals surface area contributed by atoms with Crippen molar-refractivity contribution < 1.29 is 9.53 Å². The Labute approximate surface area is 135 Å². The van der Waals surface area contributed by atoms with Crippen molar-refractivity contribution in [3.63, 3.8) is 0 Å². The number of carbonyl (C=O) groups is 1. The van der Waals surface area contributed by atoms with Crippen molar-refractivity contribution in [2.75, 3.05) is 7.11 Å². The monoisotopic (exact) mass is 303 g/mol. The van der Waals surface area contributed by atoms with E-state index in [-0.39, 0.29) is 5.97 Å². The Bertz CT molecular complexity index is 841. The summed E-state index contributed by atoms with van der Waals surface area (Å²) >= 11 is 0. The van der Waals surface area contributed by atoms with Crippen LogP contribution in [0.15, 0.2) is 66.9 Å². The van der Waals surface area contributed by atoms with Gasteiger partial charge in [0.05, 0.1) is 18.4 Å². The van der Waals surface area contributed by atoms with Crippen LogP contribution in [0.3, 0.4) is 0 Å². The zero-order valence-corrected chi connectivity index (χ0v) is 13.1. The molecule has 0 bridgehead atoms. The average Bonchev–Trinajstić information content (AvgIpc) is 2.62. The molecule has 1 heterocycles. The van der Waals surface area contributed by atoms with E-state index < -0.39 is 0 Å². The molecule has 0 unspecified atom stereocenters. The van der Waals surface area contributed by atoms with Gasteiger partial charge in [-0.25, -0.2) is 4.79 Å². The van der Waals surface area contributed by atoms with E-state index in [0.717, 1.165) is 22.3 Å². The molecule has 114 valence electrons. The maximum absolute atomic E-state index is 12.1. The number of carbonyl (C=O) groups excluding carboxylic acids is 1. The number of esters is 1. The van der Waals surface area contributed by atoms with Gasteiger partial charge in [0.2, 0.25) is 0 Å². The molecular formula is C20H17NO2. The lowest BCUT2D eigenvalue weighted by Gasteiger charge is -2.10. The Morgan fingerprint density at radius 2 is 1.61 bits per heavy atom. The van der Waals surface area contributed by atoms with Crippen molar-refractivity contribution >= 4 is 5.97 Å². The van der Waals surface area contributed by atoms with Crippen LogP contribution in [0.25, 0.3) is 22.4 Å². The lowest BCUT2D eigenvalue weighted by Crippen LogP contribution is -2.05. The van der Waals surface area contributed by atoms with Crippen molar-refractivity contribution in [3.8, 4) is 22.4 Å². The molecule has 3 rings (SSSR count). The van der Waals surface area contributed by atoms with Gasteiger partial charge in [-0.3, -0.25) is 4.98 Å². The third-order valence-electron chi connectivity index (χ3n) is 3.67. The van der Waals surface area contributed by atoms with Gasteiger partial charge >= 0.3 is 5.97 Å². The van der Waals surface area contributed by atoms with Crippen LogP contribution in [0.4, 0.5) is 0 Å². The summed E-state index contributed by atoms with van der Waals surface area (Å²) in [7, 11) is 1.38. The fraction of sp³-hybridized carbons (Fsp3) is 0.100. The highest BCUT2D eigenvalue weighted by Crippen LogP contribution is 2.28. The molecule has 2 aromatic carbocycles. The van der Waals surface area contributed by atoms with E-state index in [1.807, 2.05) is 55.5 Å². The highest BCUT2D eigenvalue weighted by atomic mass is 16.5. The van der Waals surface area contributed by atoms with E-state index in [0.29, 0.717) is 11.3 Å². The Hall–Kier alpha value is -2.94. The number of hydrogen-bond acceptors (Lipinski definition) is 3. The molecule has 0 spiro atoms. The van der Waals surface area contributed by atoms with E-state index in [2.05, 4.69) is 17.1 Å². The van der Waals surface area contributed by atoms with Gasteiger partial charge in [0.1, 0.15) is 0 Å². The molecule has 0 amide bonds. The quantitative estimate of drug-likeness (QED) is 0.668. The molecule has 1 aromatic heterocycles. The van der Waals surface area contributed by atoms with Crippen molar-refractivity contribution in [3.05, 3.63) is 78.0 Å². The van der Waals surface area contributed by atoms with Gasteiger partial charge in [0, 0.05) is 11.8 Å². The molecule has 0 fully saturated rings. The number of hydrogen-bond donors (Lipinski definition) is 0. The van der Waals surface area contributed by atoms with E-state index in [1.165, 1.54) is 7.11 Å². The van der Waals surface area contributed by atoms with Crippen LogP contribution in [0, 0.1) is 6.92 Å². The van der Waals surface area contributed by atoms with Crippen LogP contribution in [-0.2, 0) is 4.74 Å². The Morgan fingerprint density at radius 3 is 2.35 bits per heavy atom. The number of benzene rings is 2. The second-order valence-electron chi connectivity index (χ2n) is 5.35. The van der Waals surface area contributed by atoms with E-state index in [9.17, 15) is 4.79 Å². The predicted molar refractivity (Wildman–Crippen MR) is 91.2 cm³/mol. The maximum atomic E-state index is 12.1. The van der Waals surface area contributed by atoms with Gasteiger partial charge in [-0.2, -0.15) is 0 Å². The summed E-state index contributed by atoms with van der Waals surface area (Å²) in [4.78, 5) is 16.5. The first-order valence-electron chi connectivity index (χ1n) is 7.40. The fourth-order valence-electron chi connectivity index (χ4n) is 2.54. The first kappa shape index (κ1) is 15.0. The van der Waals surface area contributed by atoms with Crippen LogP contribution < -0.4 is 0 Å². The fourth-order valence-corrected chi connectivity index (χ4v) is 2.54. The van der Waals surface area contributed by atoms with Gasteiger partial charge in [-0.15, -0.1) is 0 Å². The normalized spacial score (nSPS) is 10.3. The minimum atomic E-state index is -0.374. The Balaban J connectivity index is 2.11. The number of aryl methyl sites for hydroxylation is 1. The number of methoxy groups -OCH3 is 1. The molecule has 3 aromatic rings.